The predicted molar refractivity (Wildman–Crippen MR) is 66.0 cm³/mol. The van der Waals surface area contributed by atoms with Crippen LogP contribution in [0.5, 0.6) is 0 Å². The summed E-state index contributed by atoms with van der Waals surface area (Å²) in [5, 5.41) is 12.6. The number of nitrogens with zero attached hydrogens (tertiary/aromatic N) is 2. The van der Waals surface area contributed by atoms with Gasteiger partial charge in [-0.3, -0.25) is 0 Å². The Bertz CT molecular complexity index is 374. The summed E-state index contributed by atoms with van der Waals surface area (Å²) in [6.45, 7) is 0.812. The van der Waals surface area contributed by atoms with Crippen LogP contribution in [0.2, 0.25) is 0 Å². The SMILES string of the molecule is Nc1ncc(Br)c(NCC2CCC(O)C2)n1. The second-order valence-corrected chi connectivity index (χ2v) is 4.99. The van der Waals surface area contributed by atoms with Gasteiger partial charge in [0.1, 0.15) is 5.82 Å². The molecule has 2 atom stereocenters. The topological polar surface area (TPSA) is 84.1 Å². The normalized spacial score (nSPS) is 24.6. The van der Waals surface area contributed by atoms with Crippen LogP contribution in [0.3, 0.4) is 0 Å². The summed E-state index contributed by atoms with van der Waals surface area (Å²) in [5.74, 6) is 1.49. The predicted octanol–water partition coefficient (Wildman–Crippen LogP) is 1.39. The molecule has 1 aromatic rings. The second kappa shape index (κ2) is 4.97. The third-order valence-electron chi connectivity index (χ3n) is 2.83. The molecule has 5 nitrogen and oxygen atoms in total. The molecule has 0 amide bonds. The zero-order chi connectivity index (χ0) is 11.5. The molecule has 1 aliphatic rings. The molecule has 0 aliphatic heterocycles. The fraction of sp³-hybridized carbons (Fsp3) is 0.600. The van der Waals surface area contributed by atoms with Gasteiger partial charge in [0.25, 0.3) is 0 Å². The average Bonchev–Trinajstić information content (AvgIpc) is 2.66. The van der Waals surface area contributed by atoms with Gasteiger partial charge in [0.05, 0.1) is 10.6 Å². The van der Waals surface area contributed by atoms with E-state index in [4.69, 9.17) is 5.73 Å². The first-order chi connectivity index (χ1) is 7.65. The minimum atomic E-state index is -0.134. The summed E-state index contributed by atoms with van der Waals surface area (Å²) in [4.78, 5) is 7.97. The number of anilines is 2. The molecule has 1 saturated carbocycles. The molecule has 16 heavy (non-hydrogen) atoms. The number of hydrogen-bond donors (Lipinski definition) is 3. The largest absolute Gasteiger partial charge is 0.393 e. The highest BCUT2D eigenvalue weighted by molar-refractivity contribution is 9.10. The van der Waals surface area contributed by atoms with Crippen LogP contribution in [0, 0.1) is 5.92 Å². The van der Waals surface area contributed by atoms with Gasteiger partial charge in [-0.1, -0.05) is 0 Å². The molecule has 2 rings (SSSR count). The lowest BCUT2D eigenvalue weighted by molar-refractivity contribution is 0.178. The molecule has 1 aliphatic carbocycles. The molecular weight excluding hydrogens is 272 g/mol. The van der Waals surface area contributed by atoms with Crippen molar-refractivity contribution in [1.29, 1.82) is 0 Å². The summed E-state index contributed by atoms with van der Waals surface area (Å²) < 4.78 is 0.806. The smallest absolute Gasteiger partial charge is 0.221 e. The minimum Gasteiger partial charge on any atom is -0.393 e. The highest BCUT2D eigenvalue weighted by Crippen LogP contribution is 2.26. The lowest BCUT2D eigenvalue weighted by Crippen LogP contribution is -2.14. The van der Waals surface area contributed by atoms with Crippen LogP contribution < -0.4 is 11.1 Å². The van der Waals surface area contributed by atoms with Gasteiger partial charge >= 0.3 is 0 Å². The van der Waals surface area contributed by atoms with Crippen molar-refractivity contribution < 1.29 is 5.11 Å². The number of nitrogens with one attached hydrogen (secondary N) is 1. The van der Waals surface area contributed by atoms with Crippen LogP contribution >= 0.6 is 15.9 Å². The number of aliphatic hydroxyl groups is 1. The number of hydrogen-bond acceptors (Lipinski definition) is 5. The van der Waals surface area contributed by atoms with Crippen LogP contribution in [0.1, 0.15) is 19.3 Å². The van der Waals surface area contributed by atoms with Crippen LogP contribution in [0.4, 0.5) is 11.8 Å². The van der Waals surface area contributed by atoms with E-state index in [1.54, 1.807) is 6.20 Å². The Morgan fingerprint density at radius 3 is 3.06 bits per heavy atom. The first-order valence-electron chi connectivity index (χ1n) is 5.35. The molecule has 1 heterocycles. The molecule has 1 aromatic heterocycles. The number of halogens is 1. The third-order valence-corrected chi connectivity index (χ3v) is 3.41. The highest BCUT2D eigenvalue weighted by Gasteiger charge is 2.22. The van der Waals surface area contributed by atoms with E-state index >= 15 is 0 Å². The lowest BCUT2D eigenvalue weighted by Gasteiger charge is -2.12. The second-order valence-electron chi connectivity index (χ2n) is 4.14. The summed E-state index contributed by atoms with van der Waals surface area (Å²) in [7, 11) is 0. The van der Waals surface area contributed by atoms with E-state index in [9.17, 15) is 5.11 Å². The molecule has 6 heteroatoms. The molecule has 1 fully saturated rings. The Morgan fingerprint density at radius 1 is 1.56 bits per heavy atom. The van der Waals surface area contributed by atoms with Gasteiger partial charge in [0.15, 0.2) is 0 Å². The zero-order valence-electron chi connectivity index (χ0n) is 8.86. The monoisotopic (exact) mass is 286 g/mol. The van der Waals surface area contributed by atoms with E-state index < -0.39 is 0 Å². The van der Waals surface area contributed by atoms with E-state index in [0.717, 1.165) is 30.3 Å². The molecule has 0 radical (unpaired) electrons. The summed E-state index contributed by atoms with van der Waals surface area (Å²) in [5.41, 5.74) is 5.51. The standard InChI is InChI=1S/C10H15BrN4O/c11-8-5-14-10(12)15-9(8)13-4-6-1-2-7(16)3-6/h5-7,16H,1-4H2,(H3,12,13,14,15). The van der Waals surface area contributed by atoms with Crippen LogP contribution in [-0.2, 0) is 0 Å². The summed E-state index contributed by atoms with van der Waals surface area (Å²) in [6, 6.07) is 0. The van der Waals surface area contributed by atoms with Crippen molar-refractivity contribution in [2.45, 2.75) is 25.4 Å². The van der Waals surface area contributed by atoms with Crippen molar-refractivity contribution in [1.82, 2.24) is 9.97 Å². The molecule has 0 spiro atoms. The Labute approximate surface area is 103 Å². The van der Waals surface area contributed by atoms with Gasteiger partial charge in [0, 0.05) is 12.7 Å². The quantitative estimate of drug-likeness (QED) is 0.782. The Morgan fingerprint density at radius 2 is 2.38 bits per heavy atom. The molecule has 88 valence electrons. The van der Waals surface area contributed by atoms with E-state index in [-0.39, 0.29) is 12.1 Å². The number of nitrogens with two attached hydrogens (primary N) is 1. The van der Waals surface area contributed by atoms with E-state index in [0.29, 0.717) is 11.7 Å². The number of nitrogen functional groups attached to an aromatic ring is 1. The van der Waals surface area contributed by atoms with Crippen molar-refractivity contribution in [3.8, 4) is 0 Å². The van der Waals surface area contributed by atoms with Gasteiger partial charge in [-0.15, -0.1) is 0 Å². The fourth-order valence-corrected chi connectivity index (χ4v) is 2.31. The lowest BCUT2D eigenvalue weighted by atomic mass is 10.1. The Balaban J connectivity index is 1.91. The fourth-order valence-electron chi connectivity index (χ4n) is 1.98. The zero-order valence-corrected chi connectivity index (χ0v) is 10.4. The maximum Gasteiger partial charge on any atom is 0.221 e. The maximum atomic E-state index is 9.41. The van der Waals surface area contributed by atoms with Gasteiger partial charge in [-0.2, -0.15) is 4.98 Å². The number of rotatable bonds is 3. The van der Waals surface area contributed by atoms with Gasteiger partial charge in [-0.05, 0) is 41.1 Å². The first kappa shape index (κ1) is 11.6. The first-order valence-corrected chi connectivity index (χ1v) is 6.14. The van der Waals surface area contributed by atoms with Crippen molar-refractivity contribution in [3.63, 3.8) is 0 Å². The molecule has 0 saturated heterocycles. The van der Waals surface area contributed by atoms with E-state index in [2.05, 4.69) is 31.2 Å². The van der Waals surface area contributed by atoms with Gasteiger partial charge < -0.3 is 16.2 Å². The van der Waals surface area contributed by atoms with Crippen LogP contribution in [-0.4, -0.2) is 27.7 Å². The van der Waals surface area contributed by atoms with Crippen LogP contribution in [0.15, 0.2) is 10.7 Å². The van der Waals surface area contributed by atoms with Crippen molar-refractivity contribution in [3.05, 3.63) is 10.7 Å². The van der Waals surface area contributed by atoms with Crippen molar-refractivity contribution in [2.24, 2.45) is 5.92 Å². The molecule has 4 N–H and O–H groups in total. The van der Waals surface area contributed by atoms with Crippen LogP contribution in [0.25, 0.3) is 0 Å². The molecule has 0 aromatic carbocycles. The minimum absolute atomic E-state index is 0.134. The maximum absolute atomic E-state index is 9.41. The third kappa shape index (κ3) is 2.82. The van der Waals surface area contributed by atoms with Crippen molar-refractivity contribution >= 4 is 27.7 Å². The molecular formula is C10H15BrN4O. The van der Waals surface area contributed by atoms with Gasteiger partial charge in [-0.25, -0.2) is 4.98 Å². The number of aliphatic hydroxyl groups excluding tert-OH is 1. The van der Waals surface area contributed by atoms with E-state index in [1.165, 1.54) is 0 Å². The Kier molecular flexibility index (Phi) is 3.60. The Hall–Kier alpha value is -0.880. The summed E-state index contributed by atoms with van der Waals surface area (Å²) in [6.07, 6.45) is 4.33. The molecule has 2 unspecified atom stereocenters. The number of aromatic nitrogens is 2. The van der Waals surface area contributed by atoms with E-state index in [1.807, 2.05) is 0 Å². The van der Waals surface area contributed by atoms with Gasteiger partial charge in [0.2, 0.25) is 5.95 Å². The average molecular weight is 287 g/mol. The highest BCUT2D eigenvalue weighted by atomic mass is 79.9. The summed E-state index contributed by atoms with van der Waals surface area (Å²) >= 11 is 3.36. The van der Waals surface area contributed by atoms with Crippen molar-refractivity contribution in [2.75, 3.05) is 17.6 Å². The molecule has 0 bridgehead atoms.